The third kappa shape index (κ3) is 5.06. The van der Waals surface area contributed by atoms with E-state index >= 15 is 0 Å². The molecule has 14 heavy (non-hydrogen) atoms. The Balaban J connectivity index is 2.18. The van der Waals surface area contributed by atoms with Crippen LogP contribution in [0.3, 0.4) is 0 Å². The molecule has 78 valence electrons. The normalized spacial score (nSPS) is 10.4. The number of hydrogen-bond donors (Lipinski definition) is 0. The van der Waals surface area contributed by atoms with Gasteiger partial charge < -0.3 is 0 Å². The lowest BCUT2D eigenvalue weighted by atomic mass is 10.2. The molecule has 0 radical (unpaired) electrons. The predicted molar refractivity (Wildman–Crippen MR) is 69.8 cm³/mol. The van der Waals surface area contributed by atoms with E-state index in [0.717, 1.165) is 5.75 Å². The Morgan fingerprint density at radius 2 is 2.14 bits per heavy atom. The van der Waals surface area contributed by atoms with E-state index in [1.807, 2.05) is 11.8 Å². The molecular weight excluding hydrogens is 256 g/mol. The van der Waals surface area contributed by atoms with Crippen molar-refractivity contribution in [2.24, 2.45) is 0 Å². The third-order valence-electron chi connectivity index (χ3n) is 2.05. The Hall–Kier alpha value is 0.0500. The van der Waals surface area contributed by atoms with E-state index in [0.29, 0.717) is 0 Å². The van der Waals surface area contributed by atoms with E-state index in [9.17, 15) is 0 Å². The van der Waals surface area contributed by atoms with Crippen molar-refractivity contribution in [1.82, 2.24) is 0 Å². The zero-order chi connectivity index (χ0) is 10.2. The second-order valence-electron chi connectivity index (χ2n) is 3.39. The lowest BCUT2D eigenvalue weighted by Gasteiger charge is -2.01. The summed E-state index contributed by atoms with van der Waals surface area (Å²) in [6, 6.07) is 8.57. The highest BCUT2D eigenvalue weighted by atomic mass is 79.9. The van der Waals surface area contributed by atoms with Crippen molar-refractivity contribution in [2.75, 3.05) is 5.75 Å². The smallest absolute Gasteiger partial charge is 0.0184 e. The maximum atomic E-state index is 3.49. The molecule has 1 aromatic rings. The molecule has 0 saturated carbocycles. The van der Waals surface area contributed by atoms with Crippen LogP contribution in [0.15, 0.2) is 28.7 Å². The van der Waals surface area contributed by atoms with Gasteiger partial charge in [0.1, 0.15) is 0 Å². The lowest BCUT2D eigenvalue weighted by molar-refractivity contribution is 0.778. The number of thioether (sulfide) groups is 1. The summed E-state index contributed by atoms with van der Waals surface area (Å²) >= 11 is 5.52. The second-order valence-corrected chi connectivity index (χ2v) is 5.41. The van der Waals surface area contributed by atoms with Crippen molar-refractivity contribution < 1.29 is 0 Å². The van der Waals surface area contributed by atoms with E-state index in [2.05, 4.69) is 47.1 Å². The number of rotatable bonds is 6. The molecule has 0 amide bonds. The van der Waals surface area contributed by atoms with Crippen molar-refractivity contribution in [2.45, 2.75) is 31.9 Å². The van der Waals surface area contributed by atoms with Crippen molar-refractivity contribution in [3.63, 3.8) is 0 Å². The molecule has 0 bridgehead atoms. The molecule has 0 atom stereocenters. The summed E-state index contributed by atoms with van der Waals surface area (Å²) < 4.78 is 1.18. The van der Waals surface area contributed by atoms with Gasteiger partial charge in [0.2, 0.25) is 0 Å². The van der Waals surface area contributed by atoms with Gasteiger partial charge in [-0.05, 0) is 29.9 Å². The molecule has 0 aliphatic rings. The first-order valence-corrected chi connectivity index (χ1v) is 7.10. The zero-order valence-electron chi connectivity index (χ0n) is 8.63. The maximum absolute atomic E-state index is 3.49. The van der Waals surface area contributed by atoms with Gasteiger partial charge in [0.15, 0.2) is 0 Å². The van der Waals surface area contributed by atoms with Crippen LogP contribution in [-0.4, -0.2) is 5.75 Å². The molecule has 0 heterocycles. The van der Waals surface area contributed by atoms with Crippen LogP contribution >= 0.6 is 27.7 Å². The molecule has 0 unspecified atom stereocenters. The molecule has 0 aliphatic heterocycles. The third-order valence-corrected chi connectivity index (χ3v) is 3.66. The average molecular weight is 273 g/mol. The highest BCUT2D eigenvalue weighted by Gasteiger charge is 1.94. The van der Waals surface area contributed by atoms with Crippen LogP contribution in [-0.2, 0) is 5.75 Å². The van der Waals surface area contributed by atoms with Crippen molar-refractivity contribution in [3.05, 3.63) is 34.3 Å². The van der Waals surface area contributed by atoms with Gasteiger partial charge in [-0.2, -0.15) is 11.8 Å². The summed E-state index contributed by atoms with van der Waals surface area (Å²) in [4.78, 5) is 0. The van der Waals surface area contributed by atoms with Crippen molar-refractivity contribution in [1.29, 1.82) is 0 Å². The van der Waals surface area contributed by atoms with Gasteiger partial charge in [-0.15, -0.1) is 0 Å². The van der Waals surface area contributed by atoms with E-state index < -0.39 is 0 Å². The zero-order valence-corrected chi connectivity index (χ0v) is 11.0. The fraction of sp³-hybridized carbons (Fsp3) is 0.500. The van der Waals surface area contributed by atoms with Crippen LogP contribution in [0.2, 0.25) is 0 Å². The van der Waals surface area contributed by atoms with Crippen LogP contribution in [0.25, 0.3) is 0 Å². The van der Waals surface area contributed by atoms with E-state index in [1.165, 1.54) is 35.1 Å². The van der Waals surface area contributed by atoms with Gasteiger partial charge in [-0.25, -0.2) is 0 Å². The number of benzene rings is 1. The highest BCUT2D eigenvalue weighted by molar-refractivity contribution is 9.10. The molecule has 2 heteroatoms. The van der Waals surface area contributed by atoms with E-state index in [4.69, 9.17) is 0 Å². The van der Waals surface area contributed by atoms with Crippen LogP contribution < -0.4 is 0 Å². The molecule has 0 N–H and O–H groups in total. The van der Waals surface area contributed by atoms with Crippen molar-refractivity contribution in [3.8, 4) is 0 Å². The summed E-state index contributed by atoms with van der Waals surface area (Å²) in [6.45, 7) is 2.25. The summed E-state index contributed by atoms with van der Waals surface area (Å²) in [7, 11) is 0. The van der Waals surface area contributed by atoms with E-state index in [1.54, 1.807) is 0 Å². The Bertz CT molecular complexity index is 260. The summed E-state index contributed by atoms with van der Waals surface area (Å²) in [5, 5.41) is 0. The van der Waals surface area contributed by atoms with Gasteiger partial charge in [0.25, 0.3) is 0 Å². The number of unbranched alkanes of at least 4 members (excludes halogenated alkanes) is 2. The first-order chi connectivity index (χ1) is 6.83. The molecule has 0 aromatic heterocycles. The average Bonchev–Trinajstić information content (AvgIpc) is 2.18. The molecule has 0 spiro atoms. The standard InChI is InChI=1S/C12H17BrS/c1-2-3-4-8-14-10-11-6-5-7-12(13)9-11/h5-7,9H,2-4,8,10H2,1H3. The topological polar surface area (TPSA) is 0 Å². The van der Waals surface area contributed by atoms with E-state index in [-0.39, 0.29) is 0 Å². The van der Waals surface area contributed by atoms with Crippen LogP contribution in [0.4, 0.5) is 0 Å². The number of hydrogen-bond acceptors (Lipinski definition) is 1. The minimum Gasteiger partial charge on any atom is -0.157 e. The summed E-state index contributed by atoms with van der Waals surface area (Å²) in [5.74, 6) is 2.43. The first-order valence-electron chi connectivity index (χ1n) is 5.15. The number of halogens is 1. The van der Waals surface area contributed by atoms with Crippen molar-refractivity contribution >= 4 is 27.7 Å². The Morgan fingerprint density at radius 3 is 2.86 bits per heavy atom. The maximum Gasteiger partial charge on any atom is 0.0184 e. The SMILES string of the molecule is CCCCCSCc1cccc(Br)c1. The Labute approximate surface area is 99.6 Å². The van der Waals surface area contributed by atoms with Gasteiger partial charge >= 0.3 is 0 Å². The molecule has 1 aromatic carbocycles. The van der Waals surface area contributed by atoms with Gasteiger partial charge in [0.05, 0.1) is 0 Å². The highest BCUT2D eigenvalue weighted by Crippen LogP contribution is 2.17. The van der Waals surface area contributed by atoms with Gasteiger partial charge in [-0.1, -0.05) is 47.8 Å². The minimum absolute atomic E-state index is 1.14. The van der Waals surface area contributed by atoms with Crippen LogP contribution in [0.5, 0.6) is 0 Å². The first kappa shape index (κ1) is 12.1. The predicted octanol–water partition coefficient (Wildman–Crippen LogP) is 4.87. The molecule has 0 saturated heterocycles. The monoisotopic (exact) mass is 272 g/mol. The summed E-state index contributed by atoms with van der Waals surface area (Å²) in [6.07, 6.45) is 4.04. The minimum atomic E-state index is 1.14. The fourth-order valence-electron chi connectivity index (χ4n) is 1.27. The second kappa shape index (κ2) is 7.36. The van der Waals surface area contributed by atoms with Gasteiger partial charge in [0, 0.05) is 10.2 Å². The quantitative estimate of drug-likeness (QED) is 0.666. The molecule has 0 fully saturated rings. The largest absolute Gasteiger partial charge is 0.157 e. The summed E-state index contributed by atoms with van der Waals surface area (Å²) in [5.41, 5.74) is 1.42. The Morgan fingerprint density at radius 1 is 1.29 bits per heavy atom. The molecule has 1 rings (SSSR count). The van der Waals surface area contributed by atoms with Crippen LogP contribution in [0, 0.1) is 0 Å². The Kier molecular flexibility index (Phi) is 6.37. The van der Waals surface area contributed by atoms with Gasteiger partial charge in [-0.3, -0.25) is 0 Å². The molecule has 0 aliphatic carbocycles. The van der Waals surface area contributed by atoms with Crippen LogP contribution in [0.1, 0.15) is 31.7 Å². The molecule has 0 nitrogen and oxygen atoms in total. The fourth-order valence-corrected chi connectivity index (χ4v) is 2.69. The lowest BCUT2D eigenvalue weighted by Crippen LogP contribution is -1.83. The molecular formula is C12H17BrS.